The average Bonchev–Trinajstić information content (AvgIpc) is 2.70. The van der Waals surface area contributed by atoms with Crippen molar-refractivity contribution in [2.75, 3.05) is 14.1 Å². The molecule has 0 radical (unpaired) electrons. The highest BCUT2D eigenvalue weighted by Gasteiger charge is 2.40. The SMILES string of the molecule is CNC(Cc1ccc(F)c(F)c1)C1CC2CCC(C1)N2C. The van der Waals surface area contributed by atoms with E-state index in [0.29, 0.717) is 24.0 Å². The number of benzene rings is 1. The fraction of sp³-hybridized carbons (Fsp3) is 0.647. The number of hydrogen-bond acceptors (Lipinski definition) is 2. The Morgan fingerprint density at radius 3 is 2.43 bits per heavy atom. The van der Waals surface area contributed by atoms with Gasteiger partial charge in [-0.15, -0.1) is 0 Å². The quantitative estimate of drug-likeness (QED) is 0.918. The molecule has 2 saturated heterocycles. The normalized spacial score (nSPS) is 30.6. The molecule has 2 fully saturated rings. The Hall–Kier alpha value is -1.00. The molecule has 1 aromatic rings. The summed E-state index contributed by atoms with van der Waals surface area (Å²) in [6.07, 6.45) is 5.80. The van der Waals surface area contributed by atoms with Crippen LogP contribution in [0.25, 0.3) is 0 Å². The Morgan fingerprint density at radius 2 is 1.86 bits per heavy atom. The van der Waals surface area contributed by atoms with Gasteiger partial charge in [0.05, 0.1) is 0 Å². The number of nitrogens with zero attached hydrogens (tertiary/aromatic N) is 1. The number of halogens is 2. The highest BCUT2D eigenvalue weighted by molar-refractivity contribution is 5.19. The third-order valence-electron chi connectivity index (χ3n) is 5.51. The van der Waals surface area contributed by atoms with Gasteiger partial charge in [0.1, 0.15) is 0 Å². The molecule has 3 rings (SSSR count). The number of likely N-dealkylation sites (N-methyl/N-ethyl adjacent to an activating group) is 1. The van der Waals surface area contributed by atoms with Crippen molar-refractivity contribution in [3.63, 3.8) is 0 Å². The molecule has 2 bridgehead atoms. The first-order chi connectivity index (χ1) is 10.1. The number of fused-ring (bicyclic) bond motifs is 2. The van der Waals surface area contributed by atoms with Crippen LogP contribution in [-0.2, 0) is 6.42 Å². The van der Waals surface area contributed by atoms with E-state index in [9.17, 15) is 8.78 Å². The van der Waals surface area contributed by atoms with E-state index in [1.165, 1.54) is 37.8 Å². The molecule has 4 heteroatoms. The summed E-state index contributed by atoms with van der Waals surface area (Å²) in [5, 5.41) is 3.40. The Kier molecular flexibility index (Phi) is 4.27. The van der Waals surface area contributed by atoms with Crippen molar-refractivity contribution in [3.8, 4) is 0 Å². The summed E-state index contributed by atoms with van der Waals surface area (Å²) in [5.74, 6) is -0.889. The van der Waals surface area contributed by atoms with Gasteiger partial charge in [-0.05, 0) is 69.8 Å². The molecule has 2 heterocycles. The second kappa shape index (κ2) is 6.01. The van der Waals surface area contributed by atoms with Gasteiger partial charge in [-0.1, -0.05) is 6.07 Å². The largest absolute Gasteiger partial charge is 0.316 e. The summed E-state index contributed by atoms with van der Waals surface area (Å²) in [5.41, 5.74) is 0.875. The molecule has 116 valence electrons. The van der Waals surface area contributed by atoms with Gasteiger partial charge in [0, 0.05) is 18.1 Å². The Morgan fingerprint density at radius 1 is 1.19 bits per heavy atom. The highest BCUT2D eigenvalue weighted by atomic mass is 19.2. The van der Waals surface area contributed by atoms with Gasteiger partial charge in [0.25, 0.3) is 0 Å². The van der Waals surface area contributed by atoms with Crippen LogP contribution in [0.15, 0.2) is 18.2 Å². The number of nitrogens with one attached hydrogen (secondary N) is 1. The Balaban J connectivity index is 1.69. The summed E-state index contributed by atoms with van der Waals surface area (Å²) >= 11 is 0. The minimum absolute atomic E-state index is 0.340. The monoisotopic (exact) mass is 294 g/mol. The predicted octanol–water partition coefficient (Wildman–Crippen LogP) is 2.97. The van der Waals surface area contributed by atoms with Crippen molar-refractivity contribution >= 4 is 0 Å². The third kappa shape index (κ3) is 2.97. The lowest BCUT2D eigenvalue weighted by Gasteiger charge is -2.40. The lowest BCUT2D eigenvalue weighted by molar-refractivity contribution is 0.114. The second-order valence-electron chi connectivity index (χ2n) is 6.63. The van der Waals surface area contributed by atoms with Crippen LogP contribution < -0.4 is 5.32 Å². The molecule has 0 spiro atoms. The van der Waals surface area contributed by atoms with E-state index in [1.54, 1.807) is 6.07 Å². The van der Waals surface area contributed by atoms with Crippen LogP contribution in [-0.4, -0.2) is 37.1 Å². The van der Waals surface area contributed by atoms with Crippen LogP contribution in [0.1, 0.15) is 31.2 Å². The van der Waals surface area contributed by atoms with E-state index >= 15 is 0 Å². The summed E-state index contributed by atoms with van der Waals surface area (Å²) < 4.78 is 26.4. The molecule has 0 aliphatic carbocycles. The number of piperidine rings is 1. The van der Waals surface area contributed by atoms with Crippen LogP contribution in [0.2, 0.25) is 0 Å². The van der Waals surface area contributed by atoms with E-state index in [2.05, 4.69) is 17.3 Å². The lowest BCUT2D eigenvalue weighted by atomic mass is 9.82. The molecule has 3 unspecified atom stereocenters. The molecule has 2 aliphatic heterocycles. The van der Waals surface area contributed by atoms with Gasteiger partial charge in [-0.2, -0.15) is 0 Å². The molecule has 1 N–H and O–H groups in total. The average molecular weight is 294 g/mol. The van der Waals surface area contributed by atoms with E-state index in [4.69, 9.17) is 0 Å². The van der Waals surface area contributed by atoms with E-state index in [1.807, 2.05) is 7.05 Å². The van der Waals surface area contributed by atoms with Crippen molar-refractivity contribution in [1.29, 1.82) is 0 Å². The first-order valence-corrected chi connectivity index (χ1v) is 7.91. The molecule has 3 atom stereocenters. The number of hydrogen-bond donors (Lipinski definition) is 1. The first-order valence-electron chi connectivity index (χ1n) is 7.91. The van der Waals surface area contributed by atoms with Crippen molar-refractivity contribution < 1.29 is 8.78 Å². The van der Waals surface area contributed by atoms with E-state index < -0.39 is 11.6 Å². The van der Waals surface area contributed by atoms with Crippen molar-refractivity contribution in [3.05, 3.63) is 35.4 Å². The summed E-state index contributed by atoms with van der Waals surface area (Å²) in [6.45, 7) is 0. The fourth-order valence-corrected chi connectivity index (χ4v) is 4.21. The predicted molar refractivity (Wildman–Crippen MR) is 80.2 cm³/mol. The van der Waals surface area contributed by atoms with Crippen LogP contribution in [0.4, 0.5) is 8.78 Å². The zero-order chi connectivity index (χ0) is 15.0. The van der Waals surface area contributed by atoms with Crippen molar-refractivity contribution in [1.82, 2.24) is 10.2 Å². The van der Waals surface area contributed by atoms with Crippen LogP contribution in [0, 0.1) is 17.6 Å². The van der Waals surface area contributed by atoms with Crippen molar-refractivity contribution in [2.45, 2.75) is 50.2 Å². The zero-order valence-corrected chi connectivity index (χ0v) is 12.8. The molecular formula is C17H24F2N2. The molecular weight excluding hydrogens is 270 g/mol. The Labute approximate surface area is 125 Å². The summed E-state index contributed by atoms with van der Waals surface area (Å²) in [4.78, 5) is 2.53. The van der Waals surface area contributed by atoms with Gasteiger partial charge < -0.3 is 10.2 Å². The fourth-order valence-electron chi connectivity index (χ4n) is 4.21. The molecule has 0 saturated carbocycles. The highest BCUT2D eigenvalue weighted by Crippen LogP contribution is 2.39. The minimum Gasteiger partial charge on any atom is -0.316 e. The lowest BCUT2D eigenvalue weighted by Crippen LogP contribution is -2.47. The molecule has 0 amide bonds. The zero-order valence-electron chi connectivity index (χ0n) is 12.8. The maximum absolute atomic E-state index is 13.4. The molecule has 0 aromatic heterocycles. The van der Waals surface area contributed by atoms with Gasteiger partial charge >= 0.3 is 0 Å². The van der Waals surface area contributed by atoms with Crippen LogP contribution in [0.3, 0.4) is 0 Å². The van der Waals surface area contributed by atoms with E-state index in [0.717, 1.165) is 12.0 Å². The van der Waals surface area contributed by atoms with Gasteiger partial charge in [0.2, 0.25) is 0 Å². The third-order valence-corrected chi connectivity index (χ3v) is 5.51. The topological polar surface area (TPSA) is 15.3 Å². The molecule has 21 heavy (non-hydrogen) atoms. The van der Waals surface area contributed by atoms with Crippen LogP contribution >= 0.6 is 0 Å². The van der Waals surface area contributed by atoms with Crippen molar-refractivity contribution in [2.24, 2.45) is 5.92 Å². The van der Waals surface area contributed by atoms with Gasteiger partial charge in [-0.3, -0.25) is 0 Å². The molecule has 2 aliphatic rings. The minimum atomic E-state index is -0.767. The molecule has 1 aromatic carbocycles. The summed E-state index contributed by atoms with van der Waals surface area (Å²) in [6, 6.07) is 6.02. The molecule has 2 nitrogen and oxygen atoms in total. The smallest absolute Gasteiger partial charge is 0.159 e. The standard InChI is InChI=1S/C17H24F2N2/c1-20-17(8-11-3-6-15(18)16(19)7-11)12-9-13-4-5-14(10-12)21(13)2/h3,6-7,12-14,17,20H,4-5,8-10H2,1-2H3. The first kappa shape index (κ1) is 14.9. The maximum atomic E-state index is 13.4. The second-order valence-corrected chi connectivity index (χ2v) is 6.63. The number of rotatable bonds is 4. The van der Waals surface area contributed by atoms with E-state index in [-0.39, 0.29) is 0 Å². The van der Waals surface area contributed by atoms with Crippen LogP contribution in [0.5, 0.6) is 0 Å². The summed E-state index contributed by atoms with van der Waals surface area (Å²) in [7, 11) is 4.22. The Bertz CT molecular complexity index is 492. The van der Waals surface area contributed by atoms with Gasteiger partial charge in [-0.25, -0.2) is 8.78 Å². The van der Waals surface area contributed by atoms with Gasteiger partial charge in [0.15, 0.2) is 11.6 Å². The maximum Gasteiger partial charge on any atom is 0.159 e.